The van der Waals surface area contributed by atoms with Gasteiger partial charge in [-0.2, -0.15) is 0 Å². The minimum atomic E-state index is -0.00594. The van der Waals surface area contributed by atoms with E-state index in [1.807, 2.05) is 39.6 Å². The molecule has 0 atom stereocenters. The van der Waals surface area contributed by atoms with Crippen LogP contribution in [0.25, 0.3) is 0 Å². The number of rotatable bonds is 12. The molecule has 0 aromatic carbocycles. The van der Waals surface area contributed by atoms with Gasteiger partial charge in [0, 0.05) is 18.5 Å². The first-order valence-corrected chi connectivity index (χ1v) is 7.49. The second-order valence-electron chi connectivity index (χ2n) is 5.64. The molecule has 124 valence electrons. The normalized spacial score (nSPS) is 11.4. The number of Topliss-reactive ketones (excluding diaryl/α,β-unsaturated/α-hetero) is 1. The van der Waals surface area contributed by atoms with Gasteiger partial charge in [0.15, 0.2) is 5.78 Å². The highest BCUT2D eigenvalue weighted by Crippen LogP contribution is 1.94. The topological polar surface area (TPSA) is 67.9 Å². The molecule has 6 nitrogen and oxygen atoms in total. The van der Waals surface area contributed by atoms with Crippen LogP contribution < -0.4 is 5.32 Å². The van der Waals surface area contributed by atoms with E-state index in [-0.39, 0.29) is 24.2 Å². The molecule has 6 heteroatoms. The first kappa shape index (κ1) is 20.0. The lowest BCUT2D eigenvalue weighted by Crippen LogP contribution is -2.39. The Morgan fingerprint density at radius 2 is 1.67 bits per heavy atom. The predicted octanol–water partition coefficient (Wildman–Crippen LogP) is 0.701. The van der Waals surface area contributed by atoms with Gasteiger partial charge < -0.3 is 14.8 Å². The first-order chi connectivity index (χ1) is 9.84. The maximum absolute atomic E-state index is 11.6. The minimum Gasteiger partial charge on any atom is -0.377 e. The Morgan fingerprint density at radius 1 is 1.05 bits per heavy atom. The van der Waals surface area contributed by atoms with E-state index in [0.717, 1.165) is 0 Å². The van der Waals surface area contributed by atoms with Gasteiger partial charge in [0.25, 0.3) is 0 Å². The van der Waals surface area contributed by atoms with E-state index in [0.29, 0.717) is 39.0 Å². The Kier molecular flexibility index (Phi) is 11.1. The summed E-state index contributed by atoms with van der Waals surface area (Å²) in [5.41, 5.74) is 0. The van der Waals surface area contributed by atoms with Crippen LogP contribution in [0, 0.1) is 5.92 Å². The lowest BCUT2D eigenvalue weighted by Gasteiger charge is -2.20. The van der Waals surface area contributed by atoms with Gasteiger partial charge in [-0.25, -0.2) is 0 Å². The first-order valence-electron chi connectivity index (χ1n) is 7.49. The van der Waals surface area contributed by atoms with Gasteiger partial charge in [0.2, 0.25) is 5.91 Å². The third-order valence-electron chi connectivity index (χ3n) is 3.10. The van der Waals surface area contributed by atoms with Gasteiger partial charge >= 0.3 is 0 Å². The van der Waals surface area contributed by atoms with Crippen molar-refractivity contribution in [3.63, 3.8) is 0 Å². The van der Waals surface area contributed by atoms with Crippen LogP contribution >= 0.6 is 0 Å². The number of amides is 1. The molecule has 1 N–H and O–H groups in total. The second-order valence-corrected chi connectivity index (χ2v) is 5.64. The van der Waals surface area contributed by atoms with Crippen molar-refractivity contribution in [1.29, 1.82) is 0 Å². The summed E-state index contributed by atoms with van der Waals surface area (Å²) in [6.45, 7) is 10.0. The highest BCUT2D eigenvalue weighted by Gasteiger charge is 2.08. The number of hydrogen-bond donors (Lipinski definition) is 1. The van der Waals surface area contributed by atoms with Crippen LogP contribution in [0.3, 0.4) is 0 Å². The van der Waals surface area contributed by atoms with Gasteiger partial charge in [0.1, 0.15) is 6.61 Å². The predicted molar refractivity (Wildman–Crippen MR) is 82.3 cm³/mol. The van der Waals surface area contributed by atoms with Crippen molar-refractivity contribution in [2.75, 3.05) is 46.6 Å². The maximum atomic E-state index is 11.6. The molecular weight excluding hydrogens is 272 g/mol. The fraction of sp³-hybridized carbons (Fsp3) is 0.867. The van der Waals surface area contributed by atoms with Crippen LogP contribution in [0.4, 0.5) is 0 Å². The van der Waals surface area contributed by atoms with E-state index >= 15 is 0 Å². The molecule has 0 aliphatic carbocycles. The monoisotopic (exact) mass is 302 g/mol. The number of ether oxygens (including phenoxy) is 2. The molecule has 0 aliphatic rings. The fourth-order valence-corrected chi connectivity index (χ4v) is 1.29. The van der Waals surface area contributed by atoms with E-state index in [4.69, 9.17) is 9.47 Å². The molecule has 0 saturated heterocycles. The average molecular weight is 302 g/mol. The molecule has 0 unspecified atom stereocenters. The van der Waals surface area contributed by atoms with Gasteiger partial charge in [-0.15, -0.1) is 0 Å². The van der Waals surface area contributed by atoms with E-state index in [2.05, 4.69) is 5.32 Å². The fourth-order valence-electron chi connectivity index (χ4n) is 1.29. The lowest BCUT2D eigenvalue weighted by atomic mass is 10.1. The van der Waals surface area contributed by atoms with Gasteiger partial charge in [-0.05, 0) is 20.9 Å². The molecule has 0 heterocycles. The van der Waals surface area contributed by atoms with Crippen molar-refractivity contribution in [2.24, 2.45) is 5.92 Å². The third-order valence-corrected chi connectivity index (χ3v) is 3.10. The molecule has 21 heavy (non-hydrogen) atoms. The van der Waals surface area contributed by atoms with Crippen molar-refractivity contribution in [3.8, 4) is 0 Å². The van der Waals surface area contributed by atoms with Crippen molar-refractivity contribution < 1.29 is 19.1 Å². The highest BCUT2D eigenvalue weighted by atomic mass is 16.5. The van der Waals surface area contributed by atoms with Crippen molar-refractivity contribution in [2.45, 2.75) is 33.7 Å². The zero-order valence-electron chi connectivity index (χ0n) is 14.0. The number of hydrogen-bond acceptors (Lipinski definition) is 5. The summed E-state index contributed by atoms with van der Waals surface area (Å²) in [6, 6.07) is 0.345. The number of carbonyl (C=O) groups is 2. The van der Waals surface area contributed by atoms with Crippen LogP contribution in [0.1, 0.15) is 27.7 Å². The minimum absolute atomic E-state index is 0.00472. The molecule has 0 radical (unpaired) electrons. The Morgan fingerprint density at radius 3 is 2.24 bits per heavy atom. The molecular formula is C15H30N2O4. The second kappa shape index (κ2) is 11.7. The number of carbonyl (C=O) groups excluding carboxylic acids is 2. The Balaban J connectivity index is 3.40. The van der Waals surface area contributed by atoms with Crippen LogP contribution in [0.5, 0.6) is 0 Å². The number of nitrogens with one attached hydrogen (secondary N) is 1. The number of nitrogens with zero attached hydrogens (tertiary/aromatic N) is 1. The van der Waals surface area contributed by atoms with E-state index in [1.165, 1.54) is 0 Å². The summed E-state index contributed by atoms with van der Waals surface area (Å²) < 4.78 is 10.5. The summed E-state index contributed by atoms with van der Waals surface area (Å²) in [6.07, 6.45) is 0. The van der Waals surface area contributed by atoms with E-state index < -0.39 is 0 Å². The Labute approximate surface area is 128 Å². The summed E-state index contributed by atoms with van der Waals surface area (Å²) in [5.74, 6) is 0.0928. The zero-order valence-corrected chi connectivity index (χ0v) is 14.0. The molecule has 0 fully saturated rings. The number of ketones is 1. The van der Waals surface area contributed by atoms with E-state index in [9.17, 15) is 9.59 Å². The molecule has 0 aromatic heterocycles. The summed E-state index contributed by atoms with van der Waals surface area (Å²) in [7, 11) is 1.91. The lowest BCUT2D eigenvalue weighted by molar-refractivity contribution is -0.127. The Hall–Kier alpha value is -0.980. The smallest absolute Gasteiger partial charge is 0.234 e. The van der Waals surface area contributed by atoms with Crippen molar-refractivity contribution >= 4 is 11.7 Å². The van der Waals surface area contributed by atoms with Gasteiger partial charge in [0.05, 0.1) is 26.4 Å². The third kappa shape index (κ3) is 11.4. The SMILES string of the molecule is CC(C)C(=O)COCCOCCNC(=O)CN(C)C(C)C. The largest absolute Gasteiger partial charge is 0.377 e. The molecule has 0 bridgehead atoms. The molecule has 0 rings (SSSR count). The molecule has 0 spiro atoms. The van der Waals surface area contributed by atoms with Gasteiger partial charge in [-0.1, -0.05) is 13.8 Å². The van der Waals surface area contributed by atoms with Crippen LogP contribution in [0.2, 0.25) is 0 Å². The summed E-state index contributed by atoms with van der Waals surface area (Å²) >= 11 is 0. The zero-order chi connectivity index (χ0) is 16.3. The summed E-state index contributed by atoms with van der Waals surface area (Å²) in [4.78, 5) is 24.8. The Bertz CT molecular complexity index is 306. The quantitative estimate of drug-likeness (QED) is 0.538. The molecule has 0 aliphatic heterocycles. The van der Waals surface area contributed by atoms with Gasteiger partial charge in [-0.3, -0.25) is 14.5 Å². The molecule has 1 amide bonds. The maximum Gasteiger partial charge on any atom is 0.234 e. The van der Waals surface area contributed by atoms with Crippen LogP contribution in [0.15, 0.2) is 0 Å². The molecule has 0 saturated carbocycles. The van der Waals surface area contributed by atoms with Crippen molar-refractivity contribution in [3.05, 3.63) is 0 Å². The van der Waals surface area contributed by atoms with E-state index in [1.54, 1.807) is 0 Å². The highest BCUT2D eigenvalue weighted by molar-refractivity contribution is 5.81. The van der Waals surface area contributed by atoms with Crippen LogP contribution in [-0.2, 0) is 19.1 Å². The number of likely N-dealkylation sites (N-methyl/N-ethyl adjacent to an activating group) is 1. The average Bonchev–Trinajstić information content (AvgIpc) is 2.40. The van der Waals surface area contributed by atoms with Crippen molar-refractivity contribution in [1.82, 2.24) is 10.2 Å². The summed E-state index contributed by atoms with van der Waals surface area (Å²) in [5, 5.41) is 2.79. The van der Waals surface area contributed by atoms with Crippen LogP contribution in [-0.4, -0.2) is 69.2 Å². The standard InChI is InChI=1S/C15H30N2O4/c1-12(2)14(18)11-21-9-8-20-7-6-16-15(19)10-17(5)13(3)4/h12-13H,6-11H2,1-5H3,(H,16,19). The molecule has 0 aromatic rings.